The van der Waals surface area contributed by atoms with E-state index < -0.39 is 0 Å². The van der Waals surface area contributed by atoms with E-state index in [-0.39, 0.29) is 0 Å². The molecular weight excluding hydrogens is 246 g/mol. The van der Waals surface area contributed by atoms with Gasteiger partial charge in [-0.05, 0) is 46.7 Å². The molecule has 0 bridgehead atoms. The lowest BCUT2D eigenvalue weighted by atomic mass is 10.0. The summed E-state index contributed by atoms with van der Waals surface area (Å²) in [5.74, 6) is 0. The molecule has 1 saturated heterocycles. The summed E-state index contributed by atoms with van der Waals surface area (Å²) in [6.07, 6.45) is 5.47. The van der Waals surface area contributed by atoms with Gasteiger partial charge in [0, 0.05) is 37.8 Å². The third-order valence-electron chi connectivity index (χ3n) is 4.27. The van der Waals surface area contributed by atoms with E-state index in [1.165, 1.54) is 65.0 Å². The molecule has 0 aliphatic carbocycles. The summed E-state index contributed by atoms with van der Waals surface area (Å²) in [4.78, 5) is 5.26. The zero-order valence-corrected chi connectivity index (χ0v) is 14.5. The number of unbranched alkanes of at least 4 members (excludes halogenated alkanes) is 3. The second-order valence-electron chi connectivity index (χ2n) is 7.52. The molecule has 1 fully saturated rings. The second kappa shape index (κ2) is 9.01. The van der Waals surface area contributed by atoms with Crippen LogP contribution in [-0.4, -0.2) is 60.6 Å². The molecule has 1 N–H and O–H groups in total. The van der Waals surface area contributed by atoms with Gasteiger partial charge in [0.2, 0.25) is 0 Å². The zero-order valence-electron chi connectivity index (χ0n) is 14.5. The Hall–Kier alpha value is -0.120. The fourth-order valence-corrected chi connectivity index (χ4v) is 2.85. The summed E-state index contributed by atoms with van der Waals surface area (Å²) in [6, 6.07) is 0.633. The van der Waals surface area contributed by atoms with E-state index in [0.717, 1.165) is 0 Å². The highest BCUT2D eigenvalue weighted by molar-refractivity contribution is 4.81. The molecule has 0 aromatic heterocycles. The molecule has 1 aliphatic heterocycles. The lowest BCUT2D eigenvalue weighted by molar-refractivity contribution is 0.0616. The van der Waals surface area contributed by atoms with Crippen molar-refractivity contribution in [1.82, 2.24) is 15.1 Å². The van der Waals surface area contributed by atoms with Crippen LogP contribution in [0.3, 0.4) is 0 Å². The maximum absolute atomic E-state index is 3.49. The van der Waals surface area contributed by atoms with Crippen molar-refractivity contribution in [2.75, 3.05) is 39.3 Å². The zero-order chi connectivity index (χ0) is 15.0. The molecule has 120 valence electrons. The fourth-order valence-electron chi connectivity index (χ4n) is 2.85. The van der Waals surface area contributed by atoms with Gasteiger partial charge in [-0.2, -0.15) is 0 Å². The maximum Gasteiger partial charge on any atom is 0.0126 e. The highest BCUT2D eigenvalue weighted by Crippen LogP contribution is 2.16. The van der Waals surface area contributed by atoms with Crippen LogP contribution in [0.4, 0.5) is 0 Å². The SMILES string of the molecule is CC(C)NCCCCCCN1CCN(C(C)(C)C)CC1. The van der Waals surface area contributed by atoms with Crippen molar-refractivity contribution in [2.45, 2.75) is 71.9 Å². The number of piperazine rings is 1. The predicted octanol–water partition coefficient (Wildman–Crippen LogP) is 2.96. The van der Waals surface area contributed by atoms with Crippen LogP contribution in [0.25, 0.3) is 0 Å². The quantitative estimate of drug-likeness (QED) is 0.691. The lowest BCUT2D eigenvalue weighted by Gasteiger charge is -2.42. The molecule has 3 heteroatoms. The van der Waals surface area contributed by atoms with Crippen molar-refractivity contribution in [3.8, 4) is 0 Å². The average molecular weight is 284 g/mol. The van der Waals surface area contributed by atoms with Crippen molar-refractivity contribution in [2.24, 2.45) is 0 Å². The number of hydrogen-bond donors (Lipinski definition) is 1. The molecule has 1 rings (SSSR count). The molecule has 3 nitrogen and oxygen atoms in total. The Balaban J connectivity index is 1.97. The summed E-state index contributed by atoms with van der Waals surface area (Å²) < 4.78 is 0. The number of hydrogen-bond acceptors (Lipinski definition) is 3. The molecule has 0 unspecified atom stereocenters. The van der Waals surface area contributed by atoms with E-state index >= 15 is 0 Å². The van der Waals surface area contributed by atoms with E-state index in [0.29, 0.717) is 11.6 Å². The number of nitrogens with zero attached hydrogens (tertiary/aromatic N) is 2. The first-order valence-electron chi connectivity index (χ1n) is 8.60. The topological polar surface area (TPSA) is 18.5 Å². The van der Waals surface area contributed by atoms with Gasteiger partial charge in [0.05, 0.1) is 0 Å². The molecule has 0 spiro atoms. The Morgan fingerprint density at radius 1 is 0.900 bits per heavy atom. The van der Waals surface area contributed by atoms with Gasteiger partial charge in [0.1, 0.15) is 0 Å². The molecule has 0 radical (unpaired) electrons. The molecule has 0 amide bonds. The summed E-state index contributed by atoms with van der Waals surface area (Å²) in [5, 5.41) is 3.49. The van der Waals surface area contributed by atoms with Crippen molar-refractivity contribution in [3.05, 3.63) is 0 Å². The van der Waals surface area contributed by atoms with Gasteiger partial charge in [-0.15, -0.1) is 0 Å². The minimum atomic E-state index is 0.343. The number of nitrogens with one attached hydrogen (secondary N) is 1. The van der Waals surface area contributed by atoms with Crippen molar-refractivity contribution in [3.63, 3.8) is 0 Å². The number of rotatable bonds is 8. The Morgan fingerprint density at radius 3 is 2.05 bits per heavy atom. The second-order valence-corrected chi connectivity index (χ2v) is 7.52. The molecular formula is C17H37N3. The van der Waals surface area contributed by atoms with Gasteiger partial charge < -0.3 is 10.2 Å². The minimum absolute atomic E-state index is 0.343. The fraction of sp³-hybridized carbons (Fsp3) is 1.00. The molecule has 0 atom stereocenters. The molecule has 20 heavy (non-hydrogen) atoms. The Bertz CT molecular complexity index is 237. The molecule has 1 heterocycles. The first-order valence-corrected chi connectivity index (χ1v) is 8.60. The Labute approximate surface area is 127 Å². The third-order valence-corrected chi connectivity index (χ3v) is 4.27. The van der Waals surface area contributed by atoms with Gasteiger partial charge in [-0.25, -0.2) is 0 Å². The van der Waals surface area contributed by atoms with E-state index in [2.05, 4.69) is 49.7 Å². The largest absolute Gasteiger partial charge is 0.315 e. The summed E-state index contributed by atoms with van der Waals surface area (Å²) >= 11 is 0. The van der Waals surface area contributed by atoms with E-state index in [9.17, 15) is 0 Å². The predicted molar refractivity (Wildman–Crippen MR) is 89.4 cm³/mol. The smallest absolute Gasteiger partial charge is 0.0126 e. The Morgan fingerprint density at radius 2 is 1.50 bits per heavy atom. The average Bonchev–Trinajstić information content (AvgIpc) is 2.37. The molecule has 0 aromatic carbocycles. The van der Waals surface area contributed by atoms with Gasteiger partial charge in [0.25, 0.3) is 0 Å². The normalized spacial score (nSPS) is 18.9. The summed E-state index contributed by atoms with van der Waals surface area (Å²) in [7, 11) is 0. The van der Waals surface area contributed by atoms with E-state index in [1.807, 2.05) is 0 Å². The van der Waals surface area contributed by atoms with E-state index in [1.54, 1.807) is 0 Å². The van der Waals surface area contributed by atoms with Crippen molar-refractivity contribution in [1.29, 1.82) is 0 Å². The highest BCUT2D eigenvalue weighted by atomic mass is 15.3. The van der Waals surface area contributed by atoms with Crippen LogP contribution in [0.15, 0.2) is 0 Å². The van der Waals surface area contributed by atoms with Crippen LogP contribution in [0.2, 0.25) is 0 Å². The third kappa shape index (κ3) is 7.61. The molecule has 0 saturated carbocycles. The Kier molecular flexibility index (Phi) is 8.08. The van der Waals surface area contributed by atoms with E-state index in [4.69, 9.17) is 0 Å². The lowest BCUT2D eigenvalue weighted by Crippen LogP contribution is -2.53. The first kappa shape index (κ1) is 17.9. The minimum Gasteiger partial charge on any atom is -0.315 e. The molecule has 0 aromatic rings. The van der Waals surface area contributed by atoms with Crippen LogP contribution < -0.4 is 5.32 Å². The van der Waals surface area contributed by atoms with Crippen LogP contribution in [0, 0.1) is 0 Å². The van der Waals surface area contributed by atoms with Gasteiger partial charge in [-0.1, -0.05) is 26.7 Å². The standard InChI is InChI=1S/C17H37N3/c1-16(2)18-10-8-6-7-9-11-19-12-14-20(15-13-19)17(3,4)5/h16,18H,6-15H2,1-5H3. The summed E-state index contributed by atoms with van der Waals surface area (Å²) in [6.45, 7) is 18.9. The van der Waals surface area contributed by atoms with Crippen molar-refractivity contribution < 1.29 is 0 Å². The van der Waals surface area contributed by atoms with Gasteiger partial charge in [-0.3, -0.25) is 4.90 Å². The van der Waals surface area contributed by atoms with Crippen LogP contribution in [0.1, 0.15) is 60.3 Å². The van der Waals surface area contributed by atoms with Crippen LogP contribution in [0.5, 0.6) is 0 Å². The molecule has 1 aliphatic rings. The highest BCUT2D eigenvalue weighted by Gasteiger charge is 2.25. The monoisotopic (exact) mass is 283 g/mol. The maximum atomic E-state index is 3.49. The van der Waals surface area contributed by atoms with Gasteiger partial charge >= 0.3 is 0 Å². The van der Waals surface area contributed by atoms with Gasteiger partial charge in [0.15, 0.2) is 0 Å². The summed E-state index contributed by atoms with van der Waals surface area (Å²) in [5.41, 5.74) is 0.343. The van der Waals surface area contributed by atoms with Crippen LogP contribution in [-0.2, 0) is 0 Å². The van der Waals surface area contributed by atoms with Crippen molar-refractivity contribution >= 4 is 0 Å². The van der Waals surface area contributed by atoms with Crippen LogP contribution >= 0.6 is 0 Å². The first-order chi connectivity index (χ1) is 9.39.